The Morgan fingerprint density at radius 2 is 2.00 bits per heavy atom. The van der Waals surface area contributed by atoms with E-state index < -0.39 is 0 Å². The molecule has 0 atom stereocenters. The third-order valence-electron chi connectivity index (χ3n) is 3.82. The largest absolute Gasteiger partial charge is 0.398 e. The van der Waals surface area contributed by atoms with E-state index in [1.807, 2.05) is 36.4 Å². The molecule has 5 heteroatoms. The van der Waals surface area contributed by atoms with Crippen molar-refractivity contribution in [3.8, 4) is 11.4 Å². The van der Waals surface area contributed by atoms with E-state index >= 15 is 0 Å². The highest BCUT2D eigenvalue weighted by Gasteiger charge is 2.28. The molecule has 3 aromatic rings. The molecule has 1 aromatic heterocycles. The van der Waals surface area contributed by atoms with E-state index in [0.29, 0.717) is 6.04 Å². The second-order valence-corrected chi connectivity index (χ2v) is 6.70. The molecule has 0 unspecified atom stereocenters. The van der Waals surface area contributed by atoms with Gasteiger partial charge in [0.25, 0.3) is 0 Å². The molecule has 21 heavy (non-hydrogen) atoms. The Morgan fingerprint density at radius 1 is 1.19 bits per heavy atom. The lowest BCUT2D eigenvalue weighted by molar-refractivity contribution is 0.775. The summed E-state index contributed by atoms with van der Waals surface area (Å²) in [4.78, 5) is 4.79. The molecule has 0 saturated heterocycles. The summed E-state index contributed by atoms with van der Waals surface area (Å²) in [5.74, 6) is 0.967. The predicted octanol–water partition coefficient (Wildman–Crippen LogP) is 5.04. The van der Waals surface area contributed by atoms with Gasteiger partial charge in [0.15, 0.2) is 0 Å². The first kappa shape index (κ1) is 13.2. The number of fused-ring (bicyclic) bond motifs is 1. The molecular weight excluding hydrogens is 350 g/mol. The summed E-state index contributed by atoms with van der Waals surface area (Å²) < 4.78 is 3.20. The number of aromatic nitrogens is 2. The van der Waals surface area contributed by atoms with Gasteiger partial charge in [0, 0.05) is 26.8 Å². The van der Waals surface area contributed by atoms with Gasteiger partial charge in [0.05, 0.1) is 11.0 Å². The van der Waals surface area contributed by atoms with Gasteiger partial charge in [-0.1, -0.05) is 11.6 Å². The van der Waals surface area contributed by atoms with Crippen LogP contribution in [0, 0.1) is 0 Å². The van der Waals surface area contributed by atoms with Crippen LogP contribution in [0.1, 0.15) is 18.9 Å². The highest BCUT2D eigenvalue weighted by Crippen LogP contribution is 2.42. The molecule has 2 N–H and O–H groups in total. The molecule has 4 rings (SSSR count). The van der Waals surface area contributed by atoms with E-state index in [9.17, 15) is 0 Å². The minimum atomic E-state index is 0.522. The Bertz CT molecular complexity index is 852. The molecule has 0 amide bonds. The minimum Gasteiger partial charge on any atom is -0.398 e. The first-order valence-corrected chi connectivity index (χ1v) is 8.03. The number of rotatable bonds is 2. The van der Waals surface area contributed by atoms with Crippen molar-refractivity contribution in [2.24, 2.45) is 0 Å². The number of halogens is 2. The Hall–Kier alpha value is -1.52. The van der Waals surface area contributed by atoms with Crippen molar-refractivity contribution in [1.82, 2.24) is 9.55 Å². The van der Waals surface area contributed by atoms with Crippen molar-refractivity contribution in [1.29, 1.82) is 0 Å². The second kappa shape index (κ2) is 4.75. The van der Waals surface area contributed by atoms with Crippen molar-refractivity contribution in [3.63, 3.8) is 0 Å². The van der Waals surface area contributed by atoms with Gasteiger partial charge in [-0.3, -0.25) is 0 Å². The van der Waals surface area contributed by atoms with Crippen LogP contribution >= 0.6 is 27.5 Å². The van der Waals surface area contributed by atoms with E-state index in [2.05, 4.69) is 20.5 Å². The maximum Gasteiger partial charge on any atom is 0.141 e. The summed E-state index contributed by atoms with van der Waals surface area (Å²) in [6.45, 7) is 0. The minimum absolute atomic E-state index is 0.522. The number of nitrogens with two attached hydrogens (primary N) is 1. The van der Waals surface area contributed by atoms with Crippen molar-refractivity contribution in [2.75, 3.05) is 5.73 Å². The van der Waals surface area contributed by atoms with Crippen LogP contribution in [0.5, 0.6) is 0 Å². The zero-order valence-electron chi connectivity index (χ0n) is 11.2. The van der Waals surface area contributed by atoms with E-state index in [1.54, 1.807) is 0 Å². The normalized spacial score (nSPS) is 14.8. The van der Waals surface area contributed by atoms with Gasteiger partial charge >= 0.3 is 0 Å². The van der Waals surface area contributed by atoms with Gasteiger partial charge in [-0.15, -0.1) is 0 Å². The molecule has 1 saturated carbocycles. The van der Waals surface area contributed by atoms with Gasteiger partial charge in [-0.25, -0.2) is 4.98 Å². The molecule has 0 bridgehead atoms. The number of anilines is 1. The molecule has 1 heterocycles. The molecule has 2 aromatic carbocycles. The SMILES string of the molecule is Nc1cc(-c2nc3ccc(Cl)cc3n2C2CC2)ccc1Br. The molecule has 0 spiro atoms. The quantitative estimate of drug-likeness (QED) is 0.649. The topological polar surface area (TPSA) is 43.8 Å². The first-order valence-electron chi connectivity index (χ1n) is 6.86. The molecule has 1 aliphatic rings. The van der Waals surface area contributed by atoms with Crippen LogP contribution in [0.15, 0.2) is 40.9 Å². The predicted molar refractivity (Wildman–Crippen MR) is 90.6 cm³/mol. The maximum atomic E-state index is 6.15. The number of nitrogens with zero attached hydrogens (tertiary/aromatic N) is 2. The van der Waals surface area contributed by atoms with Crippen LogP contribution in [0.4, 0.5) is 5.69 Å². The summed E-state index contributed by atoms with van der Waals surface area (Å²) >= 11 is 9.59. The van der Waals surface area contributed by atoms with Crippen LogP contribution in [0.3, 0.4) is 0 Å². The third-order valence-corrected chi connectivity index (χ3v) is 4.78. The van der Waals surface area contributed by atoms with Gasteiger partial charge < -0.3 is 10.3 Å². The lowest BCUT2D eigenvalue weighted by atomic mass is 10.2. The average molecular weight is 363 g/mol. The molecule has 3 nitrogen and oxygen atoms in total. The fourth-order valence-electron chi connectivity index (χ4n) is 2.65. The number of hydrogen-bond acceptors (Lipinski definition) is 2. The highest BCUT2D eigenvalue weighted by atomic mass is 79.9. The van der Waals surface area contributed by atoms with E-state index in [1.165, 1.54) is 12.8 Å². The third kappa shape index (κ3) is 2.23. The zero-order valence-corrected chi connectivity index (χ0v) is 13.5. The number of hydrogen-bond donors (Lipinski definition) is 1. The lowest BCUT2D eigenvalue weighted by Crippen LogP contribution is -1.98. The Labute approximate surface area is 135 Å². The molecule has 1 aliphatic carbocycles. The highest BCUT2D eigenvalue weighted by molar-refractivity contribution is 9.10. The summed E-state index contributed by atoms with van der Waals surface area (Å²) in [6, 6.07) is 12.3. The van der Waals surface area contributed by atoms with Crippen LogP contribution < -0.4 is 5.73 Å². The second-order valence-electron chi connectivity index (χ2n) is 5.41. The molecule has 106 valence electrons. The smallest absolute Gasteiger partial charge is 0.141 e. The maximum absolute atomic E-state index is 6.15. The van der Waals surface area contributed by atoms with Gasteiger partial charge in [-0.05, 0) is 65.2 Å². The van der Waals surface area contributed by atoms with Crippen LogP contribution in [0.25, 0.3) is 22.4 Å². The monoisotopic (exact) mass is 361 g/mol. The van der Waals surface area contributed by atoms with E-state index in [4.69, 9.17) is 22.3 Å². The van der Waals surface area contributed by atoms with E-state index in [0.717, 1.165) is 37.6 Å². The molecule has 0 radical (unpaired) electrons. The van der Waals surface area contributed by atoms with Crippen molar-refractivity contribution < 1.29 is 0 Å². The fraction of sp³-hybridized carbons (Fsp3) is 0.188. The molecular formula is C16H13BrClN3. The number of imidazole rings is 1. The van der Waals surface area contributed by atoms with Crippen molar-refractivity contribution >= 4 is 44.3 Å². The van der Waals surface area contributed by atoms with E-state index in [-0.39, 0.29) is 0 Å². The summed E-state index contributed by atoms with van der Waals surface area (Å²) in [6.07, 6.45) is 2.38. The Morgan fingerprint density at radius 3 is 2.71 bits per heavy atom. The van der Waals surface area contributed by atoms with Crippen molar-refractivity contribution in [2.45, 2.75) is 18.9 Å². The fourth-order valence-corrected chi connectivity index (χ4v) is 3.07. The first-order chi connectivity index (χ1) is 10.1. The standard InChI is InChI=1S/C16H13BrClN3/c17-12-5-1-9(7-13(12)19)16-20-14-6-2-10(18)8-15(14)21(16)11-3-4-11/h1-2,5-8,11H,3-4,19H2. The van der Waals surface area contributed by atoms with Crippen molar-refractivity contribution in [3.05, 3.63) is 45.9 Å². The Balaban J connectivity index is 1.99. The van der Waals surface area contributed by atoms with Gasteiger partial charge in [0.1, 0.15) is 5.82 Å². The van der Waals surface area contributed by atoms with Crippen LogP contribution in [-0.2, 0) is 0 Å². The lowest BCUT2D eigenvalue weighted by Gasteiger charge is -2.09. The number of nitrogen functional groups attached to an aromatic ring is 1. The Kier molecular flexibility index (Phi) is 2.98. The van der Waals surface area contributed by atoms with Crippen LogP contribution in [0.2, 0.25) is 5.02 Å². The average Bonchev–Trinajstić information content (AvgIpc) is 3.23. The summed E-state index contributed by atoms with van der Waals surface area (Å²) in [5.41, 5.74) is 9.85. The number of benzene rings is 2. The van der Waals surface area contributed by atoms with Gasteiger partial charge in [0.2, 0.25) is 0 Å². The van der Waals surface area contributed by atoms with Crippen LogP contribution in [-0.4, -0.2) is 9.55 Å². The summed E-state index contributed by atoms with van der Waals surface area (Å²) in [7, 11) is 0. The zero-order chi connectivity index (χ0) is 14.6. The molecule has 1 fully saturated rings. The summed E-state index contributed by atoms with van der Waals surface area (Å²) in [5, 5.41) is 0.742. The van der Waals surface area contributed by atoms with Gasteiger partial charge in [-0.2, -0.15) is 0 Å². The molecule has 0 aliphatic heterocycles.